The van der Waals surface area contributed by atoms with Gasteiger partial charge in [0.15, 0.2) is 0 Å². The fourth-order valence-corrected chi connectivity index (χ4v) is 1.11. The second-order valence-corrected chi connectivity index (χ2v) is 2.70. The lowest BCUT2D eigenvalue weighted by Gasteiger charge is -2.14. The zero-order valence-corrected chi connectivity index (χ0v) is 7.41. The largest absolute Gasteiger partial charge is 0.308 e. The molecule has 0 aromatic carbocycles. The van der Waals surface area contributed by atoms with Crippen LogP contribution < -0.4 is 5.32 Å². The van der Waals surface area contributed by atoms with Gasteiger partial charge in [0.1, 0.15) is 0 Å². The maximum absolute atomic E-state index is 4.19. The van der Waals surface area contributed by atoms with Gasteiger partial charge in [-0.05, 0) is 14.0 Å². The number of hydrogen-bond donors (Lipinski definition) is 1. The molecule has 0 aliphatic rings. The van der Waals surface area contributed by atoms with E-state index in [2.05, 4.69) is 21.9 Å². The molecule has 1 aromatic rings. The standard InChI is InChI=1S/C9H13N3/c1-7(2)9(10-3)8-6-11-4-5-12-8/h4-6,9-10H,1H2,2-3H3. The molecule has 0 aliphatic carbocycles. The van der Waals surface area contributed by atoms with Gasteiger partial charge in [-0.25, -0.2) is 0 Å². The minimum Gasteiger partial charge on any atom is -0.308 e. The molecule has 0 bridgehead atoms. The SMILES string of the molecule is C=C(C)C(NC)c1cnccn1. The van der Waals surface area contributed by atoms with E-state index in [0.29, 0.717) is 0 Å². The molecule has 1 unspecified atom stereocenters. The van der Waals surface area contributed by atoms with E-state index < -0.39 is 0 Å². The van der Waals surface area contributed by atoms with Crippen LogP contribution in [0.25, 0.3) is 0 Å². The summed E-state index contributed by atoms with van der Waals surface area (Å²) in [7, 11) is 1.88. The zero-order valence-electron chi connectivity index (χ0n) is 7.41. The quantitative estimate of drug-likeness (QED) is 0.683. The van der Waals surface area contributed by atoms with Crippen LogP contribution in [0.3, 0.4) is 0 Å². The molecule has 0 spiro atoms. The van der Waals surface area contributed by atoms with Gasteiger partial charge in [0.2, 0.25) is 0 Å². The zero-order chi connectivity index (χ0) is 8.97. The molecule has 0 saturated heterocycles. The molecule has 1 atom stereocenters. The van der Waals surface area contributed by atoms with Crippen LogP contribution >= 0.6 is 0 Å². The summed E-state index contributed by atoms with van der Waals surface area (Å²) in [6.45, 7) is 5.84. The summed E-state index contributed by atoms with van der Waals surface area (Å²) in [6.07, 6.45) is 5.09. The Morgan fingerprint density at radius 3 is 2.75 bits per heavy atom. The van der Waals surface area contributed by atoms with Gasteiger partial charge in [0.05, 0.1) is 17.9 Å². The number of likely N-dealkylation sites (N-methyl/N-ethyl adjacent to an activating group) is 1. The summed E-state index contributed by atoms with van der Waals surface area (Å²) >= 11 is 0. The molecule has 0 saturated carbocycles. The summed E-state index contributed by atoms with van der Waals surface area (Å²) in [6, 6.07) is 0.110. The number of aromatic nitrogens is 2. The highest BCUT2D eigenvalue weighted by molar-refractivity contribution is 5.15. The second kappa shape index (κ2) is 3.97. The summed E-state index contributed by atoms with van der Waals surface area (Å²) < 4.78 is 0. The predicted molar refractivity (Wildman–Crippen MR) is 48.6 cm³/mol. The average Bonchev–Trinajstić information content (AvgIpc) is 2.07. The molecule has 1 aromatic heterocycles. The summed E-state index contributed by atoms with van der Waals surface area (Å²) in [5, 5.41) is 3.12. The molecular formula is C9H13N3. The van der Waals surface area contributed by atoms with Crippen molar-refractivity contribution in [2.24, 2.45) is 0 Å². The molecular weight excluding hydrogens is 150 g/mol. The first-order valence-corrected chi connectivity index (χ1v) is 3.84. The normalized spacial score (nSPS) is 12.5. The molecule has 0 radical (unpaired) electrons. The highest BCUT2D eigenvalue weighted by Crippen LogP contribution is 2.15. The van der Waals surface area contributed by atoms with Crippen molar-refractivity contribution in [2.75, 3.05) is 7.05 Å². The third-order valence-electron chi connectivity index (χ3n) is 1.66. The Morgan fingerprint density at radius 2 is 2.33 bits per heavy atom. The number of rotatable bonds is 3. The van der Waals surface area contributed by atoms with E-state index >= 15 is 0 Å². The van der Waals surface area contributed by atoms with Gasteiger partial charge < -0.3 is 5.32 Å². The van der Waals surface area contributed by atoms with Crippen molar-refractivity contribution in [1.29, 1.82) is 0 Å². The minimum atomic E-state index is 0.110. The molecule has 3 heteroatoms. The fourth-order valence-electron chi connectivity index (χ4n) is 1.11. The smallest absolute Gasteiger partial charge is 0.0797 e. The Kier molecular flexibility index (Phi) is 2.94. The van der Waals surface area contributed by atoms with E-state index in [9.17, 15) is 0 Å². The Morgan fingerprint density at radius 1 is 1.58 bits per heavy atom. The lowest BCUT2D eigenvalue weighted by atomic mass is 10.1. The molecule has 0 aliphatic heterocycles. The van der Waals surface area contributed by atoms with Crippen LogP contribution in [0.2, 0.25) is 0 Å². The first-order valence-electron chi connectivity index (χ1n) is 3.84. The van der Waals surface area contributed by atoms with Gasteiger partial charge in [0.25, 0.3) is 0 Å². The maximum atomic E-state index is 4.19. The van der Waals surface area contributed by atoms with Gasteiger partial charge in [-0.15, -0.1) is 0 Å². The van der Waals surface area contributed by atoms with E-state index in [1.165, 1.54) is 0 Å². The second-order valence-electron chi connectivity index (χ2n) is 2.70. The van der Waals surface area contributed by atoms with Gasteiger partial charge >= 0.3 is 0 Å². The van der Waals surface area contributed by atoms with Crippen LogP contribution in [0.5, 0.6) is 0 Å². The van der Waals surface area contributed by atoms with Gasteiger partial charge in [-0.1, -0.05) is 12.2 Å². The van der Waals surface area contributed by atoms with Crippen molar-refractivity contribution in [3.63, 3.8) is 0 Å². The maximum Gasteiger partial charge on any atom is 0.0797 e. The first kappa shape index (κ1) is 8.87. The molecule has 1 heterocycles. The van der Waals surface area contributed by atoms with E-state index in [4.69, 9.17) is 0 Å². The third-order valence-corrected chi connectivity index (χ3v) is 1.66. The van der Waals surface area contributed by atoms with Crippen LogP contribution in [0.1, 0.15) is 18.7 Å². The third kappa shape index (κ3) is 1.89. The molecule has 12 heavy (non-hydrogen) atoms. The number of nitrogens with one attached hydrogen (secondary N) is 1. The van der Waals surface area contributed by atoms with E-state index in [-0.39, 0.29) is 6.04 Å². The van der Waals surface area contributed by atoms with E-state index in [1.54, 1.807) is 18.6 Å². The Labute approximate surface area is 72.6 Å². The predicted octanol–water partition coefficient (Wildman–Crippen LogP) is 1.31. The average molecular weight is 163 g/mol. The van der Waals surface area contributed by atoms with Crippen LogP contribution in [0, 0.1) is 0 Å². The van der Waals surface area contributed by atoms with Crippen molar-refractivity contribution in [2.45, 2.75) is 13.0 Å². The van der Waals surface area contributed by atoms with Crippen molar-refractivity contribution in [1.82, 2.24) is 15.3 Å². The van der Waals surface area contributed by atoms with E-state index in [1.807, 2.05) is 14.0 Å². The molecule has 1 N–H and O–H groups in total. The van der Waals surface area contributed by atoms with Crippen LogP contribution in [0.4, 0.5) is 0 Å². The first-order chi connectivity index (χ1) is 5.75. The van der Waals surface area contributed by atoms with Crippen molar-refractivity contribution in [3.05, 3.63) is 36.4 Å². The van der Waals surface area contributed by atoms with Gasteiger partial charge in [-0.3, -0.25) is 9.97 Å². The highest BCUT2D eigenvalue weighted by Gasteiger charge is 2.09. The minimum absolute atomic E-state index is 0.110. The van der Waals surface area contributed by atoms with Gasteiger partial charge in [0, 0.05) is 12.4 Å². The van der Waals surface area contributed by atoms with E-state index in [0.717, 1.165) is 11.3 Å². The van der Waals surface area contributed by atoms with Crippen LogP contribution in [0.15, 0.2) is 30.7 Å². The highest BCUT2D eigenvalue weighted by atomic mass is 14.9. The summed E-state index contributed by atoms with van der Waals surface area (Å²) in [5.74, 6) is 0. The monoisotopic (exact) mass is 163 g/mol. The molecule has 1 rings (SSSR count). The molecule has 0 fully saturated rings. The Hall–Kier alpha value is -1.22. The summed E-state index contributed by atoms with van der Waals surface area (Å²) in [5.41, 5.74) is 1.95. The number of nitrogens with zero attached hydrogens (tertiary/aromatic N) is 2. The molecule has 64 valence electrons. The lowest BCUT2D eigenvalue weighted by molar-refractivity contribution is 0.656. The Balaban J connectivity index is 2.88. The van der Waals surface area contributed by atoms with Crippen molar-refractivity contribution < 1.29 is 0 Å². The fraction of sp³-hybridized carbons (Fsp3) is 0.333. The van der Waals surface area contributed by atoms with Crippen LogP contribution in [-0.4, -0.2) is 17.0 Å². The summed E-state index contributed by atoms with van der Waals surface area (Å²) in [4.78, 5) is 8.18. The van der Waals surface area contributed by atoms with Crippen molar-refractivity contribution in [3.8, 4) is 0 Å². The lowest BCUT2D eigenvalue weighted by Crippen LogP contribution is -2.18. The van der Waals surface area contributed by atoms with Gasteiger partial charge in [-0.2, -0.15) is 0 Å². The van der Waals surface area contributed by atoms with Crippen LogP contribution in [-0.2, 0) is 0 Å². The molecule has 3 nitrogen and oxygen atoms in total. The topological polar surface area (TPSA) is 37.8 Å². The number of hydrogen-bond acceptors (Lipinski definition) is 3. The molecule has 0 amide bonds. The Bertz CT molecular complexity index is 256. The van der Waals surface area contributed by atoms with Crippen molar-refractivity contribution >= 4 is 0 Å².